The Morgan fingerprint density at radius 3 is 2.92 bits per heavy atom. The van der Waals surface area contributed by atoms with E-state index < -0.39 is 0 Å². The zero-order valence-corrected chi connectivity index (χ0v) is 15.2. The molecule has 0 unspecified atom stereocenters. The van der Waals surface area contributed by atoms with Crippen molar-refractivity contribution in [3.63, 3.8) is 0 Å². The third-order valence-electron chi connectivity index (χ3n) is 6.05. The molecule has 0 aromatic heterocycles. The molecule has 4 aliphatic heterocycles. The van der Waals surface area contributed by atoms with Crippen molar-refractivity contribution in [1.82, 2.24) is 9.80 Å². The maximum absolute atomic E-state index is 13.0. The molecule has 134 valence electrons. The van der Waals surface area contributed by atoms with Crippen molar-refractivity contribution in [2.45, 2.75) is 38.6 Å². The van der Waals surface area contributed by atoms with Crippen LogP contribution in [-0.4, -0.2) is 60.9 Å². The molecule has 2 amide bonds. The maximum Gasteiger partial charge on any atom is 0.241 e. The zero-order valence-electron chi connectivity index (χ0n) is 15.2. The van der Waals surface area contributed by atoms with Crippen LogP contribution >= 0.6 is 0 Å². The van der Waals surface area contributed by atoms with Crippen molar-refractivity contribution < 1.29 is 9.59 Å². The molecule has 0 N–H and O–H groups in total. The number of piperidine rings is 1. The summed E-state index contributed by atoms with van der Waals surface area (Å²) in [6, 6.07) is 6.64. The van der Waals surface area contributed by atoms with Crippen LogP contribution in [0.25, 0.3) is 0 Å². The Hall–Kier alpha value is -1.88. The van der Waals surface area contributed by atoms with E-state index in [4.69, 9.17) is 0 Å². The Kier molecular flexibility index (Phi) is 4.28. The van der Waals surface area contributed by atoms with Crippen LogP contribution < -0.4 is 4.90 Å². The quantitative estimate of drug-likeness (QED) is 0.824. The van der Waals surface area contributed by atoms with Gasteiger partial charge in [-0.05, 0) is 44.2 Å². The number of hydrogen-bond acceptors (Lipinski definition) is 3. The Balaban J connectivity index is 1.49. The summed E-state index contributed by atoms with van der Waals surface area (Å²) >= 11 is 0. The van der Waals surface area contributed by atoms with E-state index in [1.165, 1.54) is 11.1 Å². The van der Waals surface area contributed by atoms with Gasteiger partial charge in [-0.1, -0.05) is 17.7 Å². The summed E-state index contributed by atoms with van der Waals surface area (Å²) in [7, 11) is 1.91. The highest BCUT2D eigenvalue weighted by molar-refractivity contribution is 5.96. The summed E-state index contributed by atoms with van der Waals surface area (Å²) in [5.41, 5.74) is 3.61. The second-order valence-corrected chi connectivity index (χ2v) is 7.85. The molecular weight excluding hydrogens is 314 g/mol. The Labute approximate surface area is 149 Å². The third kappa shape index (κ3) is 3.06. The number of benzene rings is 1. The summed E-state index contributed by atoms with van der Waals surface area (Å²) in [4.78, 5) is 31.4. The van der Waals surface area contributed by atoms with Gasteiger partial charge >= 0.3 is 0 Å². The maximum atomic E-state index is 13.0. The van der Waals surface area contributed by atoms with Gasteiger partial charge in [0.25, 0.3) is 0 Å². The molecule has 4 heterocycles. The van der Waals surface area contributed by atoms with Crippen molar-refractivity contribution >= 4 is 17.5 Å². The number of carbonyl (C=O) groups excluding carboxylic acids is 2. The molecule has 5 nitrogen and oxygen atoms in total. The number of likely N-dealkylation sites (N-methyl/N-ethyl adjacent to an activating group) is 1. The average molecular weight is 341 g/mol. The highest BCUT2D eigenvalue weighted by Gasteiger charge is 2.39. The Morgan fingerprint density at radius 1 is 1.24 bits per heavy atom. The van der Waals surface area contributed by atoms with E-state index in [0.717, 1.165) is 51.0 Å². The molecule has 2 atom stereocenters. The van der Waals surface area contributed by atoms with Gasteiger partial charge in [0.15, 0.2) is 0 Å². The lowest BCUT2D eigenvalue weighted by Crippen LogP contribution is -2.46. The summed E-state index contributed by atoms with van der Waals surface area (Å²) in [6.45, 7) is 4.86. The highest BCUT2D eigenvalue weighted by atomic mass is 16.2. The van der Waals surface area contributed by atoms with Crippen molar-refractivity contribution in [2.24, 2.45) is 5.92 Å². The van der Waals surface area contributed by atoms with Crippen molar-refractivity contribution in [3.8, 4) is 0 Å². The molecule has 5 rings (SSSR count). The smallest absolute Gasteiger partial charge is 0.241 e. The molecular formula is C20H27N3O2. The predicted octanol–water partition coefficient (Wildman–Crippen LogP) is 1.83. The van der Waals surface area contributed by atoms with E-state index in [0.29, 0.717) is 6.54 Å². The minimum atomic E-state index is 0.0628. The second-order valence-electron chi connectivity index (χ2n) is 7.85. The van der Waals surface area contributed by atoms with E-state index in [1.54, 1.807) is 0 Å². The molecule has 1 aromatic rings. The average Bonchev–Trinajstić information content (AvgIpc) is 2.86. The summed E-state index contributed by atoms with van der Waals surface area (Å²) in [5.74, 6) is 0.485. The van der Waals surface area contributed by atoms with Gasteiger partial charge in [-0.15, -0.1) is 0 Å². The van der Waals surface area contributed by atoms with E-state index in [1.807, 2.05) is 16.8 Å². The molecule has 3 saturated heterocycles. The van der Waals surface area contributed by atoms with Crippen LogP contribution in [0.2, 0.25) is 0 Å². The number of hydrogen-bond donors (Lipinski definition) is 0. The largest absolute Gasteiger partial charge is 0.341 e. The van der Waals surface area contributed by atoms with Gasteiger partial charge in [-0.3, -0.25) is 14.5 Å². The lowest BCUT2D eigenvalue weighted by Gasteiger charge is -2.33. The van der Waals surface area contributed by atoms with Crippen LogP contribution in [0.15, 0.2) is 18.2 Å². The Bertz CT molecular complexity index is 702. The van der Waals surface area contributed by atoms with E-state index >= 15 is 0 Å². The second kappa shape index (κ2) is 6.45. The zero-order chi connectivity index (χ0) is 17.6. The monoisotopic (exact) mass is 341 g/mol. The molecule has 2 bridgehead atoms. The van der Waals surface area contributed by atoms with Gasteiger partial charge in [-0.25, -0.2) is 0 Å². The predicted molar refractivity (Wildman–Crippen MR) is 97.6 cm³/mol. The van der Waals surface area contributed by atoms with Crippen molar-refractivity contribution in [3.05, 3.63) is 29.3 Å². The topological polar surface area (TPSA) is 43.9 Å². The van der Waals surface area contributed by atoms with E-state index in [-0.39, 0.29) is 23.8 Å². The Morgan fingerprint density at radius 2 is 2.08 bits per heavy atom. The lowest BCUT2D eigenvalue weighted by atomic mass is 9.95. The van der Waals surface area contributed by atoms with Crippen LogP contribution in [0.4, 0.5) is 5.69 Å². The number of nitrogens with zero attached hydrogens (tertiary/aromatic N) is 3. The van der Waals surface area contributed by atoms with Gasteiger partial charge < -0.3 is 9.80 Å². The first-order chi connectivity index (χ1) is 12.0. The van der Waals surface area contributed by atoms with Gasteiger partial charge in [0.05, 0.1) is 12.5 Å². The van der Waals surface area contributed by atoms with Crippen molar-refractivity contribution in [1.29, 1.82) is 0 Å². The van der Waals surface area contributed by atoms with Gasteiger partial charge in [0.2, 0.25) is 11.8 Å². The number of fused-ring (bicyclic) bond motifs is 5. The minimum Gasteiger partial charge on any atom is -0.341 e. The highest BCUT2D eigenvalue weighted by Crippen LogP contribution is 2.30. The standard InChI is InChI=1S/C20H27N3O2/c1-14-5-8-18-15(10-14)4-3-9-23(18)19(24)13-22-11-16-6-7-17(12-22)21(2)20(16)25/h5,8,10,16-17H,3-4,6-7,9,11-13H2,1-2H3/t16-,17+/m0/s1. The first kappa shape index (κ1) is 16.6. The van der Waals surface area contributed by atoms with Crippen LogP contribution in [0.1, 0.15) is 30.4 Å². The van der Waals surface area contributed by atoms with E-state index in [9.17, 15) is 9.59 Å². The third-order valence-corrected chi connectivity index (χ3v) is 6.05. The molecule has 0 spiro atoms. The molecule has 4 aliphatic rings. The molecule has 5 heteroatoms. The number of anilines is 1. The number of aryl methyl sites for hydroxylation is 2. The van der Waals surface area contributed by atoms with Gasteiger partial charge in [0, 0.05) is 38.4 Å². The first-order valence-electron chi connectivity index (χ1n) is 9.42. The van der Waals surface area contributed by atoms with Crippen molar-refractivity contribution in [2.75, 3.05) is 38.1 Å². The minimum absolute atomic E-state index is 0.0628. The van der Waals surface area contributed by atoms with E-state index in [2.05, 4.69) is 30.0 Å². The fraction of sp³-hybridized carbons (Fsp3) is 0.600. The van der Waals surface area contributed by atoms with Crippen LogP contribution in [0.5, 0.6) is 0 Å². The molecule has 25 heavy (non-hydrogen) atoms. The van der Waals surface area contributed by atoms with Gasteiger partial charge in [-0.2, -0.15) is 0 Å². The summed E-state index contributed by atoms with van der Waals surface area (Å²) in [5, 5.41) is 0. The van der Waals surface area contributed by atoms with Crippen LogP contribution in [-0.2, 0) is 16.0 Å². The number of amides is 2. The fourth-order valence-corrected chi connectivity index (χ4v) is 4.64. The van der Waals surface area contributed by atoms with Crippen LogP contribution in [0.3, 0.4) is 0 Å². The van der Waals surface area contributed by atoms with Gasteiger partial charge in [0.1, 0.15) is 0 Å². The normalized spacial score (nSPS) is 26.6. The molecule has 3 fully saturated rings. The summed E-state index contributed by atoms with van der Waals surface area (Å²) in [6.07, 6.45) is 4.09. The fourth-order valence-electron chi connectivity index (χ4n) is 4.64. The molecule has 1 aromatic carbocycles. The van der Waals surface area contributed by atoms with Crippen LogP contribution in [0, 0.1) is 12.8 Å². The summed E-state index contributed by atoms with van der Waals surface area (Å²) < 4.78 is 0. The lowest BCUT2D eigenvalue weighted by molar-refractivity contribution is -0.138. The molecule has 0 radical (unpaired) electrons. The SMILES string of the molecule is Cc1ccc2c(c1)CCCN2C(=O)CN1C[C@@H]2CC[C@H](C1)N(C)C2=O. The number of rotatable bonds is 2. The molecule has 0 saturated carbocycles. The molecule has 0 aliphatic carbocycles. The number of carbonyl (C=O) groups is 2. The first-order valence-corrected chi connectivity index (χ1v) is 9.42.